The lowest BCUT2D eigenvalue weighted by Gasteiger charge is -2.09. The van der Waals surface area contributed by atoms with Crippen molar-refractivity contribution < 1.29 is 22.3 Å². The van der Waals surface area contributed by atoms with Gasteiger partial charge in [-0.15, -0.1) is 0 Å². The van der Waals surface area contributed by atoms with Gasteiger partial charge in [0.05, 0.1) is 0 Å². The first-order valence-corrected chi connectivity index (χ1v) is 5.71. The molecule has 104 valence electrons. The van der Waals surface area contributed by atoms with E-state index in [2.05, 4.69) is 12.2 Å². The zero-order chi connectivity index (χ0) is 14.9. The third-order valence-electron chi connectivity index (χ3n) is 2.39. The Hall–Kier alpha value is -2.15. The van der Waals surface area contributed by atoms with Crippen LogP contribution in [0.5, 0.6) is 11.5 Å². The summed E-state index contributed by atoms with van der Waals surface area (Å²) >= 11 is 4.60. The van der Waals surface area contributed by atoms with Crippen molar-refractivity contribution in [3.63, 3.8) is 0 Å². The number of thiocarbonyl (C=S) groups is 1. The molecule has 0 saturated heterocycles. The van der Waals surface area contributed by atoms with E-state index >= 15 is 0 Å². The molecular formula is C13H7F4NOS. The monoisotopic (exact) mass is 301 g/mol. The fourth-order valence-corrected chi connectivity index (χ4v) is 1.58. The molecule has 2 aromatic rings. The normalized spacial score (nSPS) is 10.4. The van der Waals surface area contributed by atoms with Gasteiger partial charge in [-0.2, -0.15) is 0 Å². The van der Waals surface area contributed by atoms with Crippen molar-refractivity contribution in [1.29, 1.82) is 0 Å². The van der Waals surface area contributed by atoms with Crippen LogP contribution in [0, 0.1) is 23.3 Å². The molecule has 0 aliphatic carbocycles. The summed E-state index contributed by atoms with van der Waals surface area (Å²) < 4.78 is 58.0. The summed E-state index contributed by atoms with van der Waals surface area (Å²) in [6.45, 7) is 0. The van der Waals surface area contributed by atoms with E-state index in [-0.39, 0.29) is 16.3 Å². The van der Waals surface area contributed by atoms with Crippen molar-refractivity contribution in [1.82, 2.24) is 0 Å². The molecule has 2 N–H and O–H groups in total. The van der Waals surface area contributed by atoms with E-state index in [9.17, 15) is 17.6 Å². The van der Waals surface area contributed by atoms with Gasteiger partial charge in [-0.05, 0) is 24.3 Å². The second-order valence-corrected chi connectivity index (χ2v) is 4.25. The van der Waals surface area contributed by atoms with Crippen molar-refractivity contribution in [2.24, 2.45) is 5.73 Å². The van der Waals surface area contributed by atoms with Crippen molar-refractivity contribution in [2.75, 3.05) is 0 Å². The molecule has 0 bridgehead atoms. The first-order valence-electron chi connectivity index (χ1n) is 5.30. The summed E-state index contributed by atoms with van der Waals surface area (Å²) in [5.41, 5.74) is 5.25. The standard InChI is InChI=1S/C13H7F4NOS/c14-8-2-1-7(5-9(8)15)19-12-10(16)3-6(13(18)20)4-11(12)17/h1-5H,(H2,18,20). The lowest BCUT2D eigenvalue weighted by molar-refractivity contribution is 0.402. The Morgan fingerprint density at radius 3 is 2.00 bits per heavy atom. The zero-order valence-electron chi connectivity index (χ0n) is 9.79. The van der Waals surface area contributed by atoms with Crippen LogP contribution in [0.2, 0.25) is 0 Å². The number of benzene rings is 2. The minimum Gasteiger partial charge on any atom is -0.451 e. The van der Waals surface area contributed by atoms with Crippen LogP contribution in [0.25, 0.3) is 0 Å². The largest absolute Gasteiger partial charge is 0.451 e. The molecular weight excluding hydrogens is 294 g/mol. The Morgan fingerprint density at radius 1 is 0.900 bits per heavy atom. The predicted octanol–water partition coefficient (Wildman–Crippen LogP) is 3.67. The molecule has 0 aromatic heterocycles. The molecule has 0 heterocycles. The average Bonchev–Trinajstić information content (AvgIpc) is 2.37. The highest BCUT2D eigenvalue weighted by atomic mass is 32.1. The van der Waals surface area contributed by atoms with Crippen LogP contribution in [0.3, 0.4) is 0 Å². The molecule has 0 radical (unpaired) electrons. The first-order chi connectivity index (χ1) is 9.38. The van der Waals surface area contributed by atoms with Crippen LogP contribution in [-0.4, -0.2) is 4.99 Å². The lowest BCUT2D eigenvalue weighted by atomic mass is 10.2. The fourth-order valence-electron chi connectivity index (χ4n) is 1.46. The predicted molar refractivity (Wildman–Crippen MR) is 68.7 cm³/mol. The van der Waals surface area contributed by atoms with E-state index in [4.69, 9.17) is 10.5 Å². The molecule has 2 aromatic carbocycles. The van der Waals surface area contributed by atoms with Crippen LogP contribution in [0.4, 0.5) is 17.6 Å². The average molecular weight is 301 g/mol. The SMILES string of the molecule is NC(=S)c1cc(F)c(Oc2ccc(F)c(F)c2)c(F)c1. The van der Waals surface area contributed by atoms with Gasteiger partial charge in [0.2, 0.25) is 0 Å². The number of ether oxygens (including phenoxy) is 1. The summed E-state index contributed by atoms with van der Waals surface area (Å²) in [4.78, 5) is -0.179. The fraction of sp³-hybridized carbons (Fsp3) is 0. The molecule has 0 atom stereocenters. The van der Waals surface area contributed by atoms with Crippen molar-refractivity contribution in [2.45, 2.75) is 0 Å². The Kier molecular flexibility index (Phi) is 3.89. The lowest BCUT2D eigenvalue weighted by Crippen LogP contribution is -2.10. The number of halogens is 4. The molecule has 2 nitrogen and oxygen atoms in total. The molecule has 0 saturated carbocycles. The maximum atomic E-state index is 13.7. The van der Waals surface area contributed by atoms with Crippen molar-refractivity contribution in [3.8, 4) is 11.5 Å². The minimum atomic E-state index is -1.19. The van der Waals surface area contributed by atoms with Gasteiger partial charge >= 0.3 is 0 Å². The van der Waals surface area contributed by atoms with E-state index in [1.807, 2.05) is 0 Å². The Bertz CT molecular complexity index is 667. The molecule has 0 fully saturated rings. The summed E-state index contributed by atoms with van der Waals surface area (Å²) in [7, 11) is 0. The highest BCUT2D eigenvalue weighted by Crippen LogP contribution is 2.29. The highest BCUT2D eigenvalue weighted by molar-refractivity contribution is 7.80. The summed E-state index contributed by atoms with van der Waals surface area (Å²) in [5, 5.41) is 0. The Morgan fingerprint density at radius 2 is 1.50 bits per heavy atom. The first kappa shape index (κ1) is 14.3. The van der Waals surface area contributed by atoms with E-state index in [0.717, 1.165) is 24.3 Å². The third kappa shape index (κ3) is 2.88. The summed E-state index contributed by atoms with van der Waals surface area (Å²) in [5.74, 6) is -5.40. The van der Waals surface area contributed by atoms with Crippen LogP contribution < -0.4 is 10.5 Å². The van der Waals surface area contributed by atoms with Crippen molar-refractivity contribution >= 4 is 17.2 Å². The summed E-state index contributed by atoms with van der Waals surface area (Å²) in [6.07, 6.45) is 0. The molecule has 20 heavy (non-hydrogen) atoms. The topological polar surface area (TPSA) is 35.2 Å². The Labute approximate surface area is 116 Å². The van der Waals surface area contributed by atoms with Gasteiger partial charge in [0.25, 0.3) is 0 Å². The van der Waals surface area contributed by atoms with E-state index < -0.39 is 29.0 Å². The number of nitrogens with two attached hydrogens (primary N) is 1. The van der Waals surface area contributed by atoms with Crippen LogP contribution >= 0.6 is 12.2 Å². The second kappa shape index (κ2) is 5.46. The second-order valence-electron chi connectivity index (χ2n) is 3.81. The smallest absolute Gasteiger partial charge is 0.198 e. The quantitative estimate of drug-likeness (QED) is 0.694. The molecule has 2 rings (SSSR count). The maximum Gasteiger partial charge on any atom is 0.198 e. The van der Waals surface area contributed by atoms with E-state index in [0.29, 0.717) is 6.07 Å². The van der Waals surface area contributed by atoms with E-state index in [1.54, 1.807) is 0 Å². The van der Waals surface area contributed by atoms with Gasteiger partial charge in [-0.3, -0.25) is 0 Å². The minimum absolute atomic E-state index is 0.00682. The molecule has 0 aliphatic heterocycles. The maximum absolute atomic E-state index is 13.7. The van der Waals surface area contributed by atoms with Gasteiger partial charge in [0.15, 0.2) is 29.0 Å². The van der Waals surface area contributed by atoms with Crippen LogP contribution in [0.15, 0.2) is 30.3 Å². The van der Waals surface area contributed by atoms with Gasteiger partial charge in [0, 0.05) is 11.6 Å². The van der Waals surface area contributed by atoms with Gasteiger partial charge < -0.3 is 10.5 Å². The van der Waals surface area contributed by atoms with Crippen molar-refractivity contribution in [3.05, 3.63) is 59.2 Å². The van der Waals surface area contributed by atoms with Gasteiger partial charge in [-0.1, -0.05) is 12.2 Å². The number of rotatable bonds is 3. The summed E-state index contributed by atoms with van der Waals surface area (Å²) in [6, 6.07) is 4.28. The Balaban J connectivity index is 2.38. The van der Waals surface area contributed by atoms with Gasteiger partial charge in [-0.25, -0.2) is 17.6 Å². The zero-order valence-corrected chi connectivity index (χ0v) is 10.6. The molecule has 0 unspecified atom stereocenters. The third-order valence-corrected chi connectivity index (χ3v) is 2.63. The van der Waals surface area contributed by atoms with Crippen LogP contribution in [-0.2, 0) is 0 Å². The molecule has 0 amide bonds. The highest BCUT2D eigenvalue weighted by Gasteiger charge is 2.15. The van der Waals surface area contributed by atoms with E-state index in [1.165, 1.54) is 0 Å². The van der Waals surface area contributed by atoms with Crippen LogP contribution in [0.1, 0.15) is 5.56 Å². The molecule has 7 heteroatoms. The number of hydrogen-bond donors (Lipinski definition) is 1. The van der Waals surface area contributed by atoms with Gasteiger partial charge in [0.1, 0.15) is 10.7 Å². The molecule has 0 aliphatic rings. The number of hydrogen-bond acceptors (Lipinski definition) is 2. The molecule has 0 spiro atoms.